The second-order valence-corrected chi connectivity index (χ2v) is 7.33. The Labute approximate surface area is 134 Å². The fourth-order valence-electron chi connectivity index (χ4n) is 2.78. The van der Waals surface area contributed by atoms with Gasteiger partial charge in [-0.1, -0.05) is 12.1 Å². The van der Waals surface area contributed by atoms with E-state index in [4.69, 9.17) is 0 Å². The van der Waals surface area contributed by atoms with Gasteiger partial charge in [0.1, 0.15) is 4.90 Å². The minimum absolute atomic E-state index is 0.0104. The number of carbonyl (C=O) groups excluding carboxylic acids is 1. The molecule has 0 unspecified atom stereocenters. The molecule has 0 bridgehead atoms. The summed E-state index contributed by atoms with van der Waals surface area (Å²) in [5, 5.41) is 9.36. The number of hydrogen-bond acceptors (Lipinski definition) is 4. The first-order chi connectivity index (χ1) is 10.9. The number of carbonyl (C=O) groups is 1. The van der Waals surface area contributed by atoms with Gasteiger partial charge in [-0.3, -0.25) is 9.89 Å². The van der Waals surface area contributed by atoms with Crippen LogP contribution in [0.1, 0.15) is 22.5 Å². The SMILES string of the molecule is Cc1n[nH]c(C)c1S(=O)(=O)NCCc1ccc2c(c1)CC(=O)N2. The van der Waals surface area contributed by atoms with Crippen molar-refractivity contribution in [1.82, 2.24) is 14.9 Å². The van der Waals surface area contributed by atoms with Crippen molar-refractivity contribution in [2.24, 2.45) is 0 Å². The number of benzene rings is 1. The van der Waals surface area contributed by atoms with E-state index >= 15 is 0 Å². The van der Waals surface area contributed by atoms with E-state index in [0.717, 1.165) is 16.8 Å². The van der Waals surface area contributed by atoms with Gasteiger partial charge < -0.3 is 5.32 Å². The minimum Gasteiger partial charge on any atom is -0.326 e. The summed E-state index contributed by atoms with van der Waals surface area (Å²) in [6.45, 7) is 3.62. The lowest BCUT2D eigenvalue weighted by Gasteiger charge is -2.08. The smallest absolute Gasteiger partial charge is 0.244 e. The molecule has 3 rings (SSSR count). The molecule has 1 aliphatic heterocycles. The van der Waals surface area contributed by atoms with Crippen LogP contribution in [0.25, 0.3) is 0 Å². The van der Waals surface area contributed by atoms with Gasteiger partial charge >= 0.3 is 0 Å². The molecule has 0 fully saturated rings. The zero-order valence-electron chi connectivity index (χ0n) is 12.9. The topological polar surface area (TPSA) is 104 Å². The molecule has 0 spiro atoms. The van der Waals surface area contributed by atoms with Crippen molar-refractivity contribution in [1.29, 1.82) is 0 Å². The third-order valence-electron chi connectivity index (χ3n) is 3.83. The first-order valence-corrected chi connectivity index (χ1v) is 8.78. The lowest BCUT2D eigenvalue weighted by Crippen LogP contribution is -2.26. The van der Waals surface area contributed by atoms with Crippen molar-refractivity contribution in [3.8, 4) is 0 Å². The predicted molar refractivity (Wildman–Crippen MR) is 85.7 cm³/mol. The minimum atomic E-state index is -3.58. The van der Waals surface area contributed by atoms with E-state index in [2.05, 4.69) is 20.2 Å². The number of nitrogens with zero attached hydrogens (tertiary/aromatic N) is 1. The molecule has 122 valence electrons. The second kappa shape index (κ2) is 5.78. The molecule has 1 amide bonds. The van der Waals surface area contributed by atoms with Crippen molar-refractivity contribution in [3.63, 3.8) is 0 Å². The van der Waals surface area contributed by atoms with Crippen molar-refractivity contribution >= 4 is 21.6 Å². The zero-order valence-corrected chi connectivity index (χ0v) is 13.8. The van der Waals surface area contributed by atoms with E-state index in [0.29, 0.717) is 24.2 Å². The van der Waals surface area contributed by atoms with E-state index in [1.807, 2.05) is 18.2 Å². The molecule has 0 atom stereocenters. The lowest BCUT2D eigenvalue weighted by molar-refractivity contribution is -0.115. The molecule has 2 aromatic rings. The number of nitrogens with one attached hydrogen (secondary N) is 3. The van der Waals surface area contributed by atoms with Crippen molar-refractivity contribution in [2.45, 2.75) is 31.6 Å². The zero-order chi connectivity index (χ0) is 16.6. The molecule has 1 aromatic heterocycles. The number of fused-ring (bicyclic) bond motifs is 1. The van der Waals surface area contributed by atoms with Crippen LogP contribution >= 0.6 is 0 Å². The summed E-state index contributed by atoms with van der Waals surface area (Å²) in [7, 11) is -3.58. The first-order valence-electron chi connectivity index (χ1n) is 7.30. The normalized spacial score (nSPS) is 13.9. The van der Waals surface area contributed by atoms with Gasteiger partial charge in [0, 0.05) is 12.2 Å². The van der Waals surface area contributed by atoms with E-state index in [1.54, 1.807) is 13.8 Å². The number of aryl methyl sites for hydroxylation is 2. The Hall–Kier alpha value is -2.19. The molecular weight excluding hydrogens is 316 g/mol. The van der Waals surface area contributed by atoms with Crippen LogP contribution in [-0.2, 0) is 27.7 Å². The highest BCUT2D eigenvalue weighted by atomic mass is 32.2. The number of amides is 1. The second-order valence-electron chi connectivity index (χ2n) is 5.63. The summed E-state index contributed by atoms with van der Waals surface area (Å²) in [6.07, 6.45) is 0.930. The molecule has 8 heteroatoms. The van der Waals surface area contributed by atoms with Gasteiger partial charge in [0.2, 0.25) is 15.9 Å². The standard InChI is InChI=1S/C15H18N4O3S/c1-9-15(10(2)19-18-9)23(21,22)16-6-5-11-3-4-13-12(7-11)8-14(20)17-13/h3-4,7,16H,5-6,8H2,1-2H3,(H,17,20)(H,18,19). The average Bonchev–Trinajstić information content (AvgIpc) is 3.00. The van der Waals surface area contributed by atoms with Gasteiger partial charge in [-0.25, -0.2) is 13.1 Å². The highest BCUT2D eigenvalue weighted by Crippen LogP contribution is 2.24. The number of sulfonamides is 1. The summed E-state index contributed by atoms with van der Waals surface area (Å²) >= 11 is 0. The Morgan fingerprint density at radius 2 is 2.09 bits per heavy atom. The van der Waals surface area contributed by atoms with Gasteiger partial charge in [0.25, 0.3) is 0 Å². The third kappa shape index (κ3) is 3.13. The number of rotatable bonds is 5. The van der Waals surface area contributed by atoms with Gasteiger partial charge in [-0.2, -0.15) is 5.10 Å². The fraction of sp³-hybridized carbons (Fsp3) is 0.333. The van der Waals surface area contributed by atoms with Crippen LogP contribution in [0.15, 0.2) is 23.1 Å². The molecular formula is C15H18N4O3S. The fourth-order valence-corrected chi connectivity index (χ4v) is 4.18. The summed E-state index contributed by atoms with van der Waals surface area (Å²) in [5.74, 6) is -0.0104. The van der Waals surface area contributed by atoms with Crippen LogP contribution in [-0.4, -0.2) is 31.1 Å². The molecule has 2 heterocycles. The summed E-state index contributed by atoms with van der Waals surface area (Å²) < 4.78 is 27.3. The molecule has 0 saturated heterocycles. The van der Waals surface area contributed by atoms with Crippen LogP contribution in [0.2, 0.25) is 0 Å². The van der Waals surface area contributed by atoms with Crippen molar-refractivity contribution < 1.29 is 13.2 Å². The van der Waals surface area contributed by atoms with Crippen molar-refractivity contribution in [2.75, 3.05) is 11.9 Å². The maximum atomic E-state index is 12.3. The van der Waals surface area contributed by atoms with Gasteiger partial charge in [0.15, 0.2) is 0 Å². The van der Waals surface area contributed by atoms with Gasteiger partial charge in [-0.15, -0.1) is 0 Å². The van der Waals surface area contributed by atoms with E-state index in [9.17, 15) is 13.2 Å². The first kappa shape index (κ1) is 15.7. The lowest BCUT2D eigenvalue weighted by atomic mass is 10.1. The van der Waals surface area contributed by atoms with Crippen LogP contribution in [0, 0.1) is 13.8 Å². The van der Waals surface area contributed by atoms with E-state index in [-0.39, 0.29) is 17.3 Å². The Bertz CT molecular complexity index is 851. The monoisotopic (exact) mass is 334 g/mol. The molecule has 1 aromatic carbocycles. The van der Waals surface area contributed by atoms with Gasteiger partial charge in [-0.05, 0) is 37.5 Å². The predicted octanol–water partition coefficient (Wildman–Crippen LogP) is 1.04. The summed E-state index contributed by atoms with van der Waals surface area (Å²) in [6, 6.07) is 5.69. The average molecular weight is 334 g/mol. The molecule has 0 radical (unpaired) electrons. The highest BCUT2D eigenvalue weighted by molar-refractivity contribution is 7.89. The molecule has 0 aliphatic carbocycles. The van der Waals surface area contributed by atoms with E-state index < -0.39 is 10.0 Å². The van der Waals surface area contributed by atoms with Crippen LogP contribution < -0.4 is 10.0 Å². The largest absolute Gasteiger partial charge is 0.326 e. The summed E-state index contributed by atoms with van der Waals surface area (Å²) in [4.78, 5) is 11.5. The number of aromatic nitrogens is 2. The maximum Gasteiger partial charge on any atom is 0.244 e. The molecule has 23 heavy (non-hydrogen) atoms. The molecule has 7 nitrogen and oxygen atoms in total. The maximum absolute atomic E-state index is 12.3. The molecule has 3 N–H and O–H groups in total. The quantitative estimate of drug-likeness (QED) is 0.760. The molecule has 1 aliphatic rings. The van der Waals surface area contributed by atoms with Crippen LogP contribution in [0.3, 0.4) is 0 Å². The van der Waals surface area contributed by atoms with Crippen LogP contribution in [0.5, 0.6) is 0 Å². The molecule has 0 saturated carbocycles. The Kier molecular flexibility index (Phi) is 3.95. The van der Waals surface area contributed by atoms with Crippen molar-refractivity contribution in [3.05, 3.63) is 40.7 Å². The highest BCUT2D eigenvalue weighted by Gasteiger charge is 2.22. The Morgan fingerprint density at radius 1 is 1.30 bits per heavy atom. The number of H-pyrrole nitrogens is 1. The Balaban J connectivity index is 1.66. The number of aromatic amines is 1. The Morgan fingerprint density at radius 3 is 2.78 bits per heavy atom. The third-order valence-corrected chi connectivity index (χ3v) is 5.55. The number of hydrogen-bond donors (Lipinski definition) is 3. The van der Waals surface area contributed by atoms with Gasteiger partial charge in [0.05, 0.1) is 17.8 Å². The van der Waals surface area contributed by atoms with E-state index in [1.165, 1.54) is 0 Å². The summed E-state index contributed by atoms with van der Waals surface area (Å²) in [5.41, 5.74) is 3.76. The number of anilines is 1. The van der Waals surface area contributed by atoms with Crippen LogP contribution in [0.4, 0.5) is 5.69 Å².